The molecule has 7 nitrogen and oxygen atoms in total. The van der Waals surface area contributed by atoms with Gasteiger partial charge in [0.25, 0.3) is 5.91 Å². The average molecular weight is 467 g/mol. The van der Waals surface area contributed by atoms with Crippen LogP contribution >= 0.6 is 0 Å². The van der Waals surface area contributed by atoms with Gasteiger partial charge in [0, 0.05) is 12.0 Å². The monoisotopic (exact) mass is 466 g/mol. The van der Waals surface area contributed by atoms with Gasteiger partial charge < -0.3 is 15.7 Å². The molecule has 3 atom stereocenters. The second-order valence-electron chi connectivity index (χ2n) is 9.56. The molecule has 0 bridgehead atoms. The molecule has 2 aliphatic rings. The van der Waals surface area contributed by atoms with E-state index >= 15 is 0 Å². The van der Waals surface area contributed by atoms with Gasteiger partial charge in [-0.3, -0.25) is 19.9 Å². The van der Waals surface area contributed by atoms with Gasteiger partial charge in [-0.25, -0.2) is 4.39 Å². The second-order valence-corrected chi connectivity index (χ2v) is 9.56. The predicted molar refractivity (Wildman–Crippen MR) is 127 cm³/mol. The molecule has 180 valence electrons. The molecule has 1 unspecified atom stereocenters. The highest BCUT2D eigenvalue weighted by Crippen LogP contribution is 2.32. The summed E-state index contributed by atoms with van der Waals surface area (Å²) in [4.78, 5) is 27.2. The highest BCUT2D eigenvalue weighted by atomic mass is 19.1. The van der Waals surface area contributed by atoms with Crippen molar-refractivity contribution < 1.29 is 19.1 Å². The fraction of sp³-hybridized carbons (Fsp3) is 0.423. The highest BCUT2D eigenvalue weighted by molar-refractivity contribution is 5.99. The third-order valence-electron chi connectivity index (χ3n) is 7.19. The predicted octanol–water partition coefficient (Wildman–Crippen LogP) is 3.28. The van der Waals surface area contributed by atoms with Crippen molar-refractivity contribution in [2.45, 2.75) is 64.3 Å². The molecule has 1 aliphatic heterocycles. The van der Waals surface area contributed by atoms with Crippen molar-refractivity contribution in [3.63, 3.8) is 0 Å². The van der Waals surface area contributed by atoms with Crippen molar-refractivity contribution in [1.82, 2.24) is 15.5 Å². The summed E-state index contributed by atoms with van der Waals surface area (Å²) < 4.78 is 14.4. The Bertz CT molecular complexity index is 1110. The Morgan fingerprint density at radius 2 is 2.06 bits per heavy atom. The first-order valence-corrected chi connectivity index (χ1v) is 11.7. The summed E-state index contributed by atoms with van der Waals surface area (Å²) in [5.41, 5.74) is 1.85. The maximum Gasteiger partial charge on any atom is 0.251 e. The van der Waals surface area contributed by atoms with E-state index in [2.05, 4.69) is 10.6 Å². The normalized spacial score (nSPS) is 24.2. The molecular formula is C26H31FN4O3. The molecule has 4 N–H and O–H groups in total. The summed E-state index contributed by atoms with van der Waals surface area (Å²) in [6.07, 6.45) is 0.627. The fourth-order valence-electron chi connectivity index (χ4n) is 5.00. The van der Waals surface area contributed by atoms with Crippen LogP contribution in [0.2, 0.25) is 0 Å². The van der Waals surface area contributed by atoms with E-state index in [0.717, 1.165) is 17.2 Å². The third kappa shape index (κ3) is 4.42. The Balaban J connectivity index is 1.51. The Morgan fingerprint density at radius 1 is 1.32 bits per heavy atom. The van der Waals surface area contributed by atoms with Crippen molar-refractivity contribution in [2.24, 2.45) is 5.92 Å². The zero-order valence-electron chi connectivity index (χ0n) is 19.7. The summed E-state index contributed by atoms with van der Waals surface area (Å²) in [7, 11) is 0. The lowest BCUT2D eigenvalue weighted by Crippen LogP contribution is -2.63. The van der Waals surface area contributed by atoms with E-state index in [0.29, 0.717) is 18.4 Å². The van der Waals surface area contributed by atoms with Crippen LogP contribution in [0.3, 0.4) is 0 Å². The maximum atomic E-state index is 14.4. The largest absolute Gasteiger partial charge is 0.390 e. The number of carbonyl (C=O) groups is 2. The number of aliphatic hydroxyl groups is 1. The summed E-state index contributed by atoms with van der Waals surface area (Å²) in [5.74, 6) is -1.19. The highest BCUT2D eigenvalue weighted by Gasteiger charge is 2.42. The van der Waals surface area contributed by atoms with E-state index in [1.165, 1.54) is 17.0 Å². The van der Waals surface area contributed by atoms with E-state index < -0.39 is 29.4 Å². The number of carbonyl (C=O) groups excluding carboxylic acids is 2. The molecule has 1 heterocycles. The summed E-state index contributed by atoms with van der Waals surface area (Å²) >= 11 is 0. The maximum absolute atomic E-state index is 14.4. The molecule has 4 rings (SSSR count). The van der Waals surface area contributed by atoms with E-state index in [1.807, 2.05) is 45.0 Å². The van der Waals surface area contributed by atoms with E-state index in [-0.39, 0.29) is 36.3 Å². The molecule has 0 radical (unpaired) electrons. The molecule has 34 heavy (non-hydrogen) atoms. The molecule has 1 fully saturated rings. The van der Waals surface area contributed by atoms with E-state index in [9.17, 15) is 19.1 Å². The molecule has 1 aliphatic carbocycles. The lowest BCUT2D eigenvalue weighted by molar-refractivity contribution is -0.131. The van der Waals surface area contributed by atoms with Gasteiger partial charge in [-0.05, 0) is 47.2 Å². The van der Waals surface area contributed by atoms with Crippen LogP contribution in [0, 0.1) is 17.1 Å². The summed E-state index contributed by atoms with van der Waals surface area (Å²) in [6, 6.07) is 10.9. The summed E-state index contributed by atoms with van der Waals surface area (Å²) in [6.45, 7) is 6.00. The minimum atomic E-state index is -0.758. The molecular weight excluding hydrogens is 435 g/mol. The molecule has 0 saturated carbocycles. The number of hydrogen-bond acceptors (Lipinski definition) is 4. The van der Waals surface area contributed by atoms with Crippen molar-refractivity contribution in [2.75, 3.05) is 0 Å². The van der Waals surface area contributed by atoms with Gasteiger partial charge in [-0.2, -0.15) is 0 Å². The van der Waals surface area contributed by atoms with E-state index in [4.69, 9.17) is 5.41 Å². The number of nitrogens with zero attached hydrogens (tertiary/aromatic N) is 1. The molecule has 8 heteroatoms. The topological polar surface area (TPSA) is 106 Å². The van der Waals surface area contributed by atoms with Crippen LogP contribution in [0.1, 0.15) is 66.7 Å². The van der Waals surface area contributed by atoms with Crippen LogP contribution in [0.4, 0.5) is 4.39 Å². The van der Waals surface area contributed by atoms with Crippen molar-refractivity contribution in [3.8, 4) is 0 Å². The van der Waals surface area contributed by atoms with E-state index in [1.54, 1.807) is 0 Å². The number of aliphatic hydroxyl groups excluding tert-OH is 1. The molecule has 2 aromatic carbocycles. The number of nitrogens with one attached hydrogen (secondary N) is 3. The summed E-state index contributed by atoms with van der Waals surface area (Å²) in [5, 5.41) is 24.8. The number of amides is 2. The number of fused-ring (bicyclic) bond motifs is 1. The first-order chi connectivity index (χ1) is 16.1. The minimum absolute atomic E-state index is 0.0184. The SMILES string of the molecule is CC[C@@]1(C(C)C)CC(=O)N(Cc2cc(F)cc(C(=O)N[C@@H]3c4ccccc4CC3O)c2)C(=N)N1. The number of halogens is 1. The standard InChI is InChI=1S/C26H31FN4O3/c1-4-26(15(2)3)13-22(33)31(25(28)30-26)14-16-9-18(11-19(27)10-16)24(34)29-23-20-8-6-5-7-17(20)12-21(23)32/h5-11,15,21,23,32H,4,12-14H2,1-3H3,(H2,28,30)(H,29,34)/t21?,23-,26+/m1/s1. The number of benzene rings is 2. The van der Waals surface area contributed by atoms with Crippen molar-refractivity contribution in [1.29, 1.82) is 5.41 Å². The van der Waals surface area contributed by atoms with Crippen LogP contribution in [0.25, 0.3) is 0 Å². The zero-order valence-corrected chi connectivity index (χ0v) is 19.7. The molecule has 2 amide bonds. The first kappa shape index (κ1) is 23.9. The van der Waals surface area contributed by atoms with Gasteiger partial charge in [0.05, 0.1) is 30.7 Å². The van der Waals surface area contributed by atoms with Gasteiger partial charge >= 0.3 is 0 Å². The second kappa shape index (κ2) is 9.18. The number of guanidine groups is 1. The van der Waals surface area contributed by atoms with Gasteiger partial charge in [-0.15, -0.1) is 0 Å². The van der Waals surface area contributed by atoms with Crippen LogP contribution in [0.5, 0.6) is 0 Å². The quantitative estimate of drug-likeness (QED) is 0.524. The van der Waals surface area contributed by atoms with Crippen LogP contribution in [-0.4, -0.2) is 39.4 Å². The lowest BCUT2D eigenvalue weighted by Gasteiger charge is -2.45. The van der Waals surface area contributed by atoms with Gasteiger partial charge in [0.2, 0.25) is 5.91 Å². The third-order valence-corrected chi connectivity index (χ3v) is 7.19. The molecule has 1 saturated heterocycles. The Kier molecular flexibility index (Phi) is 6.45. The zero-order chi connectivity index (χ0) is 24.6. The van der Waals surface area contributed by atoms with Crippen LogP contribution in [0.15, 0.2) is 42.5 Å². The average Bonchev–Trinajstić information content (AvgIpc) is 3.10. The Hall–Kier alpha value is -3.26. The van der Waals surface area contributed by atoms with Crippen LogP contribution < -0.4 is 10.6 Å². The first-order valence-electron chi connectivity index (χ1n) is 11.7. The van der Waals surface area contributed by atoms with Crippen LogP contribution in [-0.2, 0) is 17.8 Å². The number of rotatable bonds is 6. The van der Waals surface area contributed by atoms with Crippen molar-refractivity contribution in [3.05, 3.63) is 70.5 Å². The molecule has 0 aromatic heterocycles. The Morgan fingerprint density at radius 3 is 2.74 bits per heavy atom. The smallest absolute Gasteiger partial charge is 0.251 e. The lowest BCUT2D eigenvalue weighted by atomic mass is 9.79. The van der Waals surface area contributed by atoms with Gasteiger partial charge in [0.1, 0.15) is 5.82 Å². The molecule has 2 aromatic rings. The van der Waals surface area contributed by atoms with Gasteiger partial charge in [0.15, 0.2) is 5.96 Å². The fourth-order valence-corrected chi connectivity index (χ4v) is 5.00. The van der Waals surface area contributed by atoms with Crippen molar-refractivity contribution >= 4 is 17.8 Å². The Labute approximate surface area is 198 Å². The number of hydrogen-bond donors (Lipinski definition) is 4. The van der Waals surface area contributed by atoms with Gasteiger partial charge in [-0.1, -0.05) is 45.0 Å². The molecule has 0 spiro atoms. The minimum Gasteiger partial charge on any atom is -0.390 e.